The molecule has 2 aliphatic heterocycles. The van der Waals surface area contributed by atoms with Crippen LogP contribution in [0.4, 0.5) is 0 Å². The molecule has 4 atom stereocenters. The quantitative estimate of drug-likeness (QED) is 0.538. The molecule has 1 fully saturated rings. The van der Waals surface area contributed by atoms with Crippen LogP contribution >= 0.6 is 0 Å². The number of carbonyl (C=O) groups is 3. The van der Waals surface area contributed by atoms with Crippen molar-refractivity contribution in [3.63, 3.8) is 0 Å². The van der Waals surface area contributed by atoms with Crippen molar-refractivity contribution in [2.45, 2.75) is 72.0 Å². The van der Waals surface area contributed by atoms with Gasteiger partial charge in [0.1, 0.15) is 0 Å². The summed E-state index contributed by atoms with van der Waals surface area (Å²) in [5.41, 5.74) is 0.694. The third kappa shape index (κ3) is 4.75. The van der Waals surface area contributed by atoms with Crippen molar-refractivity contribution in [1.82, 2.24) is 0 Å². The van der Waals surface area contributed by atoms with Crippen LogP contribution in [0, 0.1) is 23.2 Å². The first-order chi connectivity index (χ1) is 14.2. The molecule has 30 heavy (non-hydrogen) atoms. The largest absolute Gasteiger partial charge is 0.433 e. The summed E-state index contributed by atoms with van der Waals surface area (Å²) in [4.78, 5) is 35.6. The van der Waals surface area contributed by atoms with E-state index in [4.69, 9.17) is 9.47 Å². The molecule has 3 rings (SSSR count). The second kappa shape index (κ2) is 9.29. The Morgan fingerprint density at radius 1 is 1.13 bits per heavy atom. The highest BCUT2D eigenvalue weighted by Crippen LogP contribution is 2.48. The molecule has 0 bridgehead atoms. The van der Waals surface area contributed by atoms with E-state index >= 15 is 0 Å². The van der Waals surface area contributed by atoms with Gasteiger partial charge in [-0.05, 0) is 55.3 Å². The number of aliphatic hydroxyl groups is 1. The van der Waals surface area contributed by atoms with Crippen LogP contribution in [0.1, 0.15) is 65.7 Å². The Morgan fingerprint density at radius 2 is 1.77 bits per heavy atom. The SMILES string of the molecule is CCCC(C(C)C1C/C=C/C(=O)OC(O)CC1)C1(C)CC=C2C(=O)OC(=O)C2=CC1. The van der Waals surface area contributed by atoms with Crippen molar-refractivity contribution in [3.8, 4) is 0 Å². The van der Waals surface area contributed by atoms with E-state index in [1.165, 1.54) is 6.08 Å². The number of allylic oxidation sites excluding steroid dienone is 3. The Kier molecular flexibility index (Phi) is 6.96. The minimum atomic E-state index is -1.07. The standard InChI is InChI=1S/C24H32O6/c1-4-6-19(15(2)16-7-5-8-20(25)29-21(26)10-9-16)24(3)13-11-17-18(12-14-24)23(28)30-22(17)27/h5,8,11-12,15-16,19,21,26H,4,6-7,9-10,13-14H2,1-3H3/b8-5+. The third-order valence-electron chi connectivity index (χ3n) is 7.06. The van der Waals surface area contributed by atoms with Gasteiger partial charge in [0.15, 0.2) is 0 Å². The number of fused-ring (bicyclic) bond motifs is 1. The van der Waals surface area contributed by atoms with Gasteiger partial charge in [-0.1, -0.05) is 45.4 Å². The van der Waals surface area contributed by atoms with Gasteiger partial charge in [-0.15, -0.1) is 0 Å². The average Bonchev–Trinajstić information content (AvgIpc) is 2.88. The molecule has 6 nitrogen and oxygen atoms in total. The lowest BCUT2D eigenvalue weighted by Crippen LogP contribution is -2.35. The van der Waals surface area contributed by atoms with Crippen LogP contribution in [0.5, 0.6) is 0 Å². The summed E-state index contributed by atoms with van der Waals surface area (Å²) >= 11 is 0. The fourth-order valence-corrected chi connectivity index (χ4v) is 5.27. The third-order valence-corrected chi connectivity index (χ3v) is 7.06. The summed E-state index contributed by atoms with van der Waals surface area (Å²) < 4.78 is 9.71. The van der Waals surface area contributed by atoms with E-state index in [9.17, 15) is 19.5 Å². The smallest absolute Gasteiger partial charge is 0.346 e. The Labute approximate surface area is 178 Å². The van der Waals surface area contributed by atoms with E-state index in [-0.39, 0.29) is 5.41 Å². The first-order valence-electron chi connectivity index (χ1n) is 11.0. The zero-order valence-electron chi connectivity index (χ0n) is 18.1. The van der Waals surface area contributed by atoms with Gasteiger partial charge in [-0.25, -0.2) is 14.4 Å². The number of aliphatic hydroxyl groups excluding tert-OH is 1. The van der Waals surface area contributed by atoms with Crippen molar-refractivity contribution < 1.29 is 29.0 Å². The molecule has 0 saturated carbocycles. The molecule has 3 aliphatic rings. The molecule has 0 aromatic rings. The predicted octanol–water partition coefficient (Wildman–Crippen LogP) is 3.99. The van der Waals surface area contributed by atoms with E-state index in [2.05, 4.69) is 20.8 Å². The lowest BCUT2D eigenvalue weighted by Gasteiger charge is -2.43. The first-order valence-corrected chi connectivity index (χ1v) is 11.0. The molecule has 2 heterocycles. The Balaban J connectivity index is 1.84. The van der Waals surface area contributed by atoms with E-state index in [1.54, 1.807) is 0 Å². The Hall–Kier alpha value is -2.21. The van der Waals surface area contributed by atoms with E-state index in [1.807, 2.05) is 18.2 Å². The van der Waals surface area contributed by atoms with E-state index in [0.717, 1.165) is 25.7 Å². The van der Waals surface area contributed by atoms with Gasteiger partial charge in [-0.2, -0.15) is 0 Å². The number of rotatable bonds is 5. The normalized spacial score (nSPS) is 29.7. The van der Waals surface area contributed by atoms with Gasteiger partial charge < -0.3 is 14.6 Å². The molecular weight excluding hydrogens is 384 g/mol. The maximum atomic E-state index is 12.0. The molecule has 0 amide bonds. The molecule has 1 saturated heterocycles. The topological polar surface area (TPSA) is 89.9 Å². The van der Waals surface area contributed by atoms with Crippen molar-refractivity contribution in [3.05, 3.63) is 35.5 Å². The lowest BCUT2D eigenvalue weighted by atomic mass is 9.62. The summed E-state index contributed by atoms with van der Waals surface area (Å²) in [6.07, 6.45) is 11.3. The van der Waals surface area contributed by atoms with Crippen molar-refractivity contribution in [1.29, 1.82) is 0 Å². The zero-order chi connectivity index (χ0) is 21.9. The Bertz CT molecular complexity index is 758. The summed E-state index contributed by atoms with van der Waals surface area (Å²) in [6.45, 7) is 6.66. The second-order valence-electron chi connectivity index (χ2n) is 9.10. The predicted molar refractivity (Wildman–Crippen MR) is 111 cm³/mol. The fourth-order valence-electron chi connectivity index (χ4n) is 5.27. The van der Waals surface area contributed by atoms with Crippen LogP contribution in [0.2, 0.25) is 0 Å². The number of carbonyl (C=O) groups excluding carboxylic acids is 3. The molecule has 1 N–H and O–H groups in total. The van der Waals surface area contributed by atoms with Crippen molar-refractivity contribution in [2.75, 3.05) is 0 Å². The van der Waals surface area contributed by atoms with Gasteiger partial charge in [-0.3, -0.25) is 0 Å². The highest BCUT2D eigenvalue weighted by Gasteiger charge is 2.42. The average molecular weight is 417 g/mol. The van der Waals surface area contributed by atoms with Crippen LogP contribution in [0.3, 0.4) is 0 Å². The summed E-state index contributed by atoms with van der Waals surface area (Å²) in [5, 5.41) is 9.96. The van der Waals surface area contributed by atoms with Crippen LogP contribution in [0.25, 0.3) is 0 Å². The second-order valence-corrected chi connectivity index (χ2v) is 9.10. The van der Waals surface area contributed by atoms with Crippen LogP contribution in [-0.2, 0) is 23.9 Å². The van der Waals surface area contributed by atoms with Gasteiger partial charge in [0.2, 0.25) is 6.29 Å². The number of hydrogen-bond acceptors (Lipinski definition) is 6. The van der Waals surface area contributed by atoms with Gasteiger partial charge >= 0.3 is 17.9 Å². The highest BCUT2D eigenvalue weighted by atomic mass is 16.6. The minimum Gasteiger partial charge on any atom is -0.433 e. The maximum absolute atomic E-state index is 12.0. The molecule has 0 aromatic carbocycles. The number of ether oxygens (including phenoxy) is 2. The maximum Gasteiger partial charge on any atom is 0.346 e. The van der Waals surface area contributed by atoms with Gasteiger partial charge in [0, 0.05) is 12.5 Å². The van der Waals surface area contributed by atoms with E-state index in [0.29, 0.717) is 48.2 Å². The Morgan fingerprint density at radius 3 is 2.37 bits per heavy atom. The number of esters is 3. The highest BCUT2D eigenvalue weighted by molar-refractivity contribution is 6.18. The number of hydrogen-bond donors (Lipinski definition) is 1. The van der Waals surface area contributed by atoms with E-state index < -0.39 is 24.2 Å². The number of cyclic esters (lactones) is 3. The lowest BCUT2D eigenvalue weighted by molar-refractivity contribution is -0.163. The van der Waals surface area contributed by atoms with Crippen LogP contribution in [0.15, 0.2) is 35.5 Å². The monoisotopic (exact) mass is 416 g/mol. The van der Waals surface area contributed by atoms with Crippen LogP contribution < -0.4 is 0 Å². The molecule has 164 valence electrons. The molecule has 0 spiro atoms. The fraction of sp³-hybridized carbons (Fsp3) is 0.625. The van der Waals surface area contributed by atoms with Crippen molar-refractivity contribution >= 4 is 17.9 Å². The van der Waals surface area contributed by atoms with Crippen molar-refractivity contribution in [2.24, 2.45) is 23.2 Å². The molecular formula is C24H32O6. The minimum absolute atomic E-state index is 0.104. The first kappa shape index (κ1) is 22.5. The van der Waals surface area contributed by atoms with Gasteiger partial charge in [0.25, 0.3) is 0 Å². The molecule has 0 aromatic heterocycles. The summed E-state index contributed by atoms with van der Waals surface area (Å²) in [5.74, 6) is -0.607. The molecule has 6 heteroatoms. The summed E-state index contributed by atoms with van der Waals surface area (Å²) in [6, 6.07) is 0. The van der Waals surface area contributed by atoms with Crippen LogP contribution in [-0.4, -0.2) is 29.3 Å². The van der Waals surface area contributed by atoms with Gasteiger partial charge in [0.05, 0.1) is 11.1 Å². The molecule has 4 unspecified atom stereocenters. The zero-order valence-corrected chi connectivity index (χ0v) is 18.1. The summed E-state index contributed by atoms with van der Waals surface area (Å²) in [7, 11) is 0. The molecule has 0 radical (unpaired) electrons. The molecule has 1 aliphatic carbocycles.